The van der Waals surface area contributed by atoms with Crippen LogP contribution in [0.15, 0.2) is 42.6 Å². The van der Waals surface area contributed by atoms with Crippen LogP contribution in [0.3, 0.4) is 0 Å². The number of carbonyl (C=O) groups excluding carboxylic acids is 4. The van der Waals surface area contributed by atoms with E-state index in [1.54, 1.807) is 14.0 Å². The second-order valence-corrected chi connectivity index (χ2v) is 17.2. The normalized spacial score (nSPS) is 26.9. The largest absolute Gasteiger partial charge is 0.471 e. The topological polar surface area (TPSA) is 195 Å². The van der Waals surface area contributed by atoms with Crippen LogP contribution in [-0.2, 0) is 37.9 Å². The number of allylic oxidation sites excluding steroid dienone is 1. The molecule has 2 saturated carbocycles. The fraction of sp³-hybridized carbons (Fsp3) is 0.541. The van der Waals surface area contributed by atoms with Crippen molar-refractivity contribution in [2.45, 2.75) is 107 Å². The van der Waals surface area contributed by atoms with Crippen molar-refractivity contribution < 1.29 is 36.7 Å². The molecule has 2 aromatic heterocycles. The zero-order chi connectivity index (χ0) is 38.4. The average molecular weight is 765 g/mol. The maximum Gasteiger partial charge on any atom is 0.270 e. The zero-order valence-electron chi connectivity index (χ0n) is 30.5. The molecule has 7 rings (SSSR count). The minimum atomic E-state index is -4.01. The van der Waals surface area contributed by atoms with Crippen LogP contribution in [0, 0.1) is 11.7 Å². The number of aromatic nitrogens is 4. The molecule has 4 amide bonds. The molecule has 2 aliphatic heterocycles. The molecule has 288 valence electrons. The highest BCUT2D eigenvalue weighted by atomic mass is 32.2. The molecule has 15 nitrogen and oxygen atoms in total. The third-order valence-electron chi connectivity index (χ3n) is 11.1. The van der Waals surface area contributed by atoms with Gasteiger partial charge < -0.3 is 20.3 Å². The number of nitrogens with one attached hydrogen (secondary N) is 3. The Kier molecular flexibility index (Phi) is 9.95. The first-order valence-corrected chi connectivity index (χ1v) is 20.0. The molecule has 3 N–H and O–H groups in total. The van der Waals surface area contributed by atoms with E-state index in [1.165, 1.54) is 40.0 Å². The number of carbonyl (C=O) groups is 4. The molecule has 0 spiro atoms. The Morgan fingerprint density at radius 3 is 2.63 bits per heavy atom. The number of benzene rings is 1. The van der Waals surface area contributed by atoms with E-state index in [9.17, 15) is 32.0 Å². The Morgan fingerprint density at radius 1 is 1.11 bits per heavy atom. The number of fused-ring (bicyclic) bond motifs is 3. The number of hydrogen-bond donors (Lipinski definition) is 3. The standard InChI is InChI=1S/C37H45FN8O7S/c1-4-25-33(42-28-18-23(38)12-13-26(28)40-25)53-24-19-30-32(48)43-37(35(50)44-54(51,52)36(2)15-16-36)20-22(37)10-8-6-5-7-9-11-27(34(49)46(30)21-24)41-31(47)29-14-17-39-45(29)3/h8,10,12-14,17-18,22,24,27,30H,4-7,9,11,15-16,19-21H2,1-3H3,(H,41,47)(H,43,48)(H,44,50)/t22-,24-,27+,30+,37-/m1/s1. The van der Waals surface area contributed by atoms with Crippen LogP contribution < -0.4 is 20.1 Å². The second-order valence-electron chi connectivity index (χ2n) is 15.0. The van der Waals surface area contributed by atoms with Crippen LogP contribution in [0.4, 0.5) is 4.39 Å². The van der Waals surface area contributed by atoms with E-state index in [-0.39, 0.29) is 36.5 Å². The summed E-state index contributed by atoms with van der Waals surface area (Å²) >= 11 is 0. The van der Waals surface area contributed by atoms with Crippen molar-refractivity contribution >= 4 is 44.7 Å². The van der Waals surface area contributed by atoms with Gasteiger partial charge in [-0.25, -0.2) is 22.8 Å². The average Bonchev–Trinajstić information content (AvgIpc) is 3.93. The van der Waals surface area contributed by atoms with Gasteiger partial charge in [0.05, 0.1) is 22.3 Å². The molecule has 3 fully saturated rings. The lowest BCUT2D eigenvalue weighted by Crippen LogP contribution is -2.58. The summed E-state index contributed by atoms with van der Waals surface area (Å²) < 4.78 is 49.3. The van der Waals surface area contributed by atoms with E-state index in [4.69, 9.17) is 4.74 Å². The number of rotatable bonds is 8. The van der Waals surface area contributed by atoms with Gasteiger partial charge in [-0.15, -0.1) is 0 Å². The molecule has 17 heteroatoms. The fourth-order valence-corrected chi connectivity index (χ4v) is 8.62. The van der Waals surface area contributed by atoms with Gasteiger partial charge in [-0.2, -0.15) is 5.10 Å². The van der Waals surface area contributed by atoms with Gasteiger partial charge in [-0.1, -0.05) is 31.9 Å². The van der Waals surface area contributed by atoms with Crippen LogP contribution in [0.1, 0.15) is 87.8 Å². The van der Waals surface area contributed by atoms with Gasteiger partial charge in [0.2, 0.25) is 27.7 Å². The fourth-order valence-electron chi connectivity index (χ4n) is 7.31. The van der Waals surface area contributed by atoms with Crippen LogP contribution in [0.2, 0.25) is 0 Å². The molecule has 2 aliphatic carbocycles. The maximum atomic E-state index is 14.6. The SMILES string of the molecule is CCc1nc2ccc(F)cc2nc1O[C@@H]1C[C@H]2C(=O)N[C@]3(C(=O)NS(=O)(=O)C4(C)CC4)C[C@H]3C=CCCCCC[C@H](NC(=O)c3ccnn3C)C(=O)N2C1. The first kappa shape index (κ1) is 37.4. The number of hydrogen-bond acceptors (Lipinski definition) is 10. The molecule has 0 radical (unpaired) electrons. The van der Waals surface area contributed by atoms with Gasteiger partial charge in [0.1, 0.15) is 40.9 Å². The number of nitrogens with zero attached hydrogens (tertiary/aromatic N) is 5. The quantitative estimate of drug-likeness (QED) is 0.287. The van der Waals surface area contributed by atoms with Crippen molar-refractivity contribution in [1.29, 1.82) is 0 Å². The highest BCUT2D eigenvalue weighted by Crippen LogP contribution is 2.47. The summed E-state index contributed by atoms with van der Waals surface area (Å²) in [6.45, 7) is 3.37. The number of amides is 4. The molecule has 1 saturated heterocycles. The van der Waals surface area contributed by atoms with E-state index < -0.39 is 73.9 Å². The van der Waals surface area contributed by atoms with Gasteiger partial charge in [0, 0.05) is 31.6 Å². The minimum Gasteiger partial charge on any atom is -0.471 e. The lowest BCUT2D eigenvalue weighted by Gasteiger charge is -2.30. The van der Waals surface area contributed by atoms with Crippen molar-refractivity contribution in [2.75, 3.05) is 6.54 Å². The first-order chi connectivity index (χ1) is 25.7. The molecule has 1 aromatic carbocycles. The number of halogens is 1. The Labute approximate surface area is 312 Å². The van der Waals surface area contributed by atoms with E-state index in [2.05, 4.69) is 30.4 Å². The summed E-state index contributed by atoms with van der Waals surface area (Å²) in [4.78, 5) is 66.7. The van der Waals surface area contributed by atoms with E-state index in [0.717, 1.165) is 12.8 Å². The molecular formula is C37H45FN8O7S. The number of ether oxygens (including phenoxy) is 1. The lowest BCUT2D eigenvalue weighted by atomic mass is 10.0. The Hall–Kier alpha value is -4.93. The van der Waals surface area contributed by atoms with Gasteiger partial charge in [0.15, 0.2) is 0 Å². The second kappa shape index (κ2) is 14.4. The zero-order valence-corrected chi connectivity index (χ0v) is 31.3. The molecule has 3 aromatic rings. The molecule has 4 heterocycles. The number of aryl methyl sites for hydroxylation is 2. The predicted molar refractivity (Wildman–Crippen MR) is 194 cm³/mol. The molecule has 5 atom stereocenters. The molecule has 0 bridgehead atoms. The minimum absolute atomic E-state index is 0.0133. The summed E-state index contributed by atoms with van der Waals surface area (Å²) in [5.41, 5.74) is -0.0320. The van der Waals surface area contributed by atoms with Crippen molar-refractivity contribution in [3.05, 3.63) is 59.8 Å². The Morgan fingerprint density at radius 2 is 1.91 bits per heavy atom. The summed E-state index contributed by atoms with van der Waals surface area (Å²) in [6, 6.07) is 3.44. The Bertz CT molecular complexity index is 2140. The number of sulfonamides is 1. The third kappa shape index (κ3) is 7.29. The van der Waals surface area contributed by atoms with E-state index in [0.29, 0.717) is 49.7 Å². The van der Waals surface area contributed by atoms with Crippen LogP contribution >= 0.6 is 0 Å². The van der Waals surface area contributed by atoms with Crippen molar-refractivity contribution in [2.24, 2.45) is 13.0 Å². The summed E-state index contributed by atoms with van der Waals surface area (Å²) in [5, 5.41) is 9.79. The smallest absolute Gasteiger partial charge is 0.270 e. The van der Waals surface area contributed by atoms with Crippen LogP contribution in [0.5, 0.6) is 5.88 Å². The van der Waals surface area contributed by atoms with Gasteiger partial charge in [-0.3, -0.25) is 28.6 Å². The highest BCUT2D eigenvalue weighted by molar-refractivity contribution is 7.91. The molecule has 0 unspecified atom stereocenters. The summed E-state index contributed by atoms with van der Waals surface area (Å²) in [7, 11) is -2.39. The maximum absolute atomic E-state index is 14.6. The lowest BCUT2D eigenvalue weighted by molar-refractivity contribution is -0.141. The first-order valence-electron chi connectivity index (χ1n) is 18.5. The van der Waals surface area contributed by atoms with Crippen LogP contribution in [-0.4, -0.2) is 91.7 Å². The highest BCUT2D eigenvalue weighted by Gasteiger charge is 2.63. The molecule has 54 heavy (non-hydrogen) atoms. The van der Waals surface area contributed by atoms with Crippen molar-refractivity contribution in [3.8, 4) is 5.88 Å². The summed E-state index contributed by atoms with van der Waals surface area (Å²) in [5.74, 6) is -3.32. The van der Waals surface area contributed by atoms with Gasteiger partial charge >= 0.3 is 0 Å². The predicted octanol–water partition coefficient (Wildman–Crippen LogP) is 2.61. The molecule has 4 aliphatic rings. The molecular weight excluding hydrogens is 720 g/mol. The summed E-state index contributed by atoms with van der Waals surface area (Å²) in [6.07, 6.45) is 9.03. The monoisotopic (exact) mass is 764 g/mol. The van der Waals surface area contributed by atoms with E-state index >= 15 is 0 Å². The van der Waals surface area contributed by atoms with Crippen molar-refractivity contribution in [3.63, 3.8) is 0 Å². The van der Waals surface area contributed by atoms with Gasteiger partial charge in [-0.05, 0) is 70.1 Å². The van der Waals surface area contributed by atoms with Crippen LogP contribution in [0.25, 0.3) is 11.0 Å². The van der Waals surface area contributed by atoms with Crippen molar-refractivity contribution in [1.82, 2.24) is 40.0 Å². The third-order valence-corrected chi connectivity index (χ3v) is 13.3. The Balaban J connectivity index is 1.21. The van der Waals surface area contributed by atoms with Gasteiger partial charge in [0.25, 0.3) is 11.8 Å². The van der Waals surface area contributed by atoms with E-state index in [1.807, 2.05) is 19.1 Å².